The largest absolute Gasteiger partial charge is 0.447 e. The zero-order chi connectivity index (χ0) is 13.7. The predicted octanol–water partition coefficient (Wildman–Crippen LogP) is 1.58. The molecular weight excluding hydrogens is 284 g/mol. The third-order valence-electron chi connectivity index (χ3n) is 2.60. The Hall–Kier alpha value is -1.15. The fourth-order valence-corrected chi connectivity index (χ4v) is 2.95. The summed E-state index contributed by atoms with van der Waals surface area (Å²) in [5.41, 5.74) is 0. The molecule has 104 valence electrons. The van der Waals surface area contributed by atoms with Gasteiger partial charge in [0.2, 0.25) is 5.09 Å². The second-order valence-corrected chi connectivity index (χ2v) is 6.78. The van der Waals surface area contributed by atoms with Crippen LogP contribution in [0.5, 0.6) is 0 Å². The van der Waals surface area contributed by atoms with Crippen molar-refractivity contribution >= 4 is 21.4 Å². The molecular formula is C12H16N2O3S2. The fourth-order valence-electron chi connectivity index (χ4n) is 1.58. The van der Waals surface area contributed by atoms with Crippen LogP contribution in [0.25, 0.3) is 0 Å². The topological polar surface area (TPSA) is 71.3 Å². The molecule has 0 aromatic carbocycles. The van der Waals surface area contributed by atoms with Crippen LogP contribution < -0.4 is 10.0 Å². The molecule has 0 radical (unpaired) electrons. The van der Waals surface area contributed by atoms with Crippen LogP contribution in [0.2, 0.25) is 0 Å². The summed E-state index contributed by atoms with van der Waals surface area (Å²) in [5, 5.41) is 5.22. The summed E-state index contributed by atoms with van der Waals surface area (Å²) < 4.78 is 30.4. The molecule has 2 rings (SSSR count). The van der Waals surface area contributed by atoms with Crippen LogP contribution in [0.4, 0.5) is 0 Å². The lowest BCUT2D eigenvalue weighted by molar-refractivity contribution is 0.401. The van der Waals surface area contributed by atoms with Crippen molar-refractivity contribution in [3.05, 3.63) is 40.3 Å². The summed E-state index contributed by atoms with van der Waals surface area (Å²) in [5.74, 6) is 0.611. The van der Waals surface area contributed by atoms with Gasteiger partial charge in [-0.05, 0) is 37.0 Å². The highest BCUT2D eigenvalue weighted by molar-refractivity contribution is 7.89. The van der Waals surface area contributed by atoms with Gasteiger partial charge in [0.1, 0.15) is 5.76 Å². The Labute approximate surface area is 116 Å². The Kier molecular flexibility index (Phi) is 4.76. The Bertz CT molecular complexity index is 603. The van der Waals surface area contributed by atoms with E-state index < -0.39 is 10.0 Å². The van der Waals surface area contributed by atoms with Crippen molar-refractivity contribution in [1.82, 2.24) is 10.0 Å². The van der Waals surface area contributed by atoms with Gasteiger partial charge in [0, 0.05) is 11.4 Å². The molecule has 0 bridgehead atoms. The van der Waals surface area contributed by atoms with E-state index in [-0.39, 0.29) is 5.09 Å². The fraction of sp³-hybridized carbons (Fsp3) is 0.333. The second-order valence-electron chi connectivity index (χ2n) is 3.93. The number of furan rings is 1. The van der Waals surface area contributed by atoms with E-state index in [0.717, 1.165) is 13.0 Å². The lowest BCUT2D eigenvalue weighted by Gasteiger charge is -2.01. The molecule has 2 aromatic heterocycles. The maximum atomic E-state index is 11.5. The van der Waals surface area contributed by atoms with Gasteiger partial charge in [-0.3, -0.25) is 0 Å². The SMILES string of the molecule is CNS(=O)(=O)c1ccc(CNCCc2cccs2)o1. The minimum absolute atomic E-state index is 0.0509. The number of thiophene rings is 1. The molecule has 5 nitrogen and oxygen atoms in total. The molecule has 0 aliphatic carbocycles. The van der Waals surface area contributed by atoms with Crippen LogP contribution in [0.1, 0.15) is 10.6 Å². The molecule has 0 saturated heterocycles. The molecule has 2 aromatic rings. The van der Waals surface area contributed by atoms with Crippen LogP contribution in [0.3, 0.4) is 0 Å². The number of sulfonamides is 1. The minimum atomic E-state index is -3.49. The van der Waals surface area contributed by atoms with Crippen molar-refractivity contribution in [2.75, 3.05) is 13.6 Å². The molecule has 2 heterocycles. The minimum Gasteiger partial charge on any atom is -0.447 e. The van der Waals surface area contributed by atoms with Gasteiger partial charge in [0.25, 0.3) is 10.0 Å². The normalized spacial score (nSPS) is 11.8. The van der Waals surface area contributed by atoms with E-state index in [2.05, 4.69) is 21.5 Å². The third kappa shape index (κ3) is 3.90. The third-order valence-corrected chi connectivity index (χ3v) is 4.82. The van der Waals surface area contributed by atoms with E-state index >= 15 is 0 Å². The first-order valence-electron chi connectivity index (χ1n) is 5.87. The van der Waals surface area contributed by atoms with Crippen LogP contribution >= 0.6 is 11.3 Å². The second kappa shape index (κ2) is 6.33. The van der Waals surface area contributed by atoms with Crippen LogP contribution in [-0.4, -0.2) is 22.0 Å². The highest BCUT2D eigenvalue weighted by atomic mass is 32.2. The lowest BCUT2D eigenvalue weighted by atomic mass is 10.3. The summed E-state index contributed by atoms with van der Waals surface area (Å²) >= 11 is 1.73. The molecule has 0 fully saturated rings. The summed E-state index contributed by atoms with van der Waals surface area (Å²) in [6.07, 6.45) is 0.958. The van der Waals surface area contributed by atoms with Gasteiger partial charge in [-0.15, -0.1) is 11.3 Å². The average Bonchev–Trinajstić information content (AvgIpc) is 3.06. The van der Waals surface area contributed by atoms with E-state index in [0.29, 0.717) is 12.3 Å². The Morgan fingerprint density at radius 2 is 2.16 bits per heavy atom. The quantitative estimate of drug-likeness (QED) is 0.762. The van der Waals surface area contributed by atoms with Gasteiger partial charge in [0.15, 0.2) is 0 Å². The van der Waals surface area contributed by atoms with Crippen molar-refractivity contribution in [3.8, 4) is 0 Å². The van der Waals surface area contributed by atoms with E-state index in [9.17, 15) is 8.42 Å². The van der Waals surface area contributed by atoms with Crippen LogP contribution in [0.15, 0.2) is 39.2 Å². The zero-order valence-corrected chi connectivity index (χ0v) is 12.2. The maximum Gasteiger partial charge on any atom is 0.273 e. The van der Waals surface area contributed by atoms with E-state index in [1.165, 1.54) is 18.0 Å². The van der Waals surface area contributed by atoms with Crippen molar-refractivity contribution in [2.24, 2.45) is 0 Å². The smallest absolute Gasteiger partial charge is 0.273 e. The zero-order valence-electron chi connectivity index (χ0n) is 10.5. The number of nitrogens with one attached hydrogen (secondary N) is 2. The van der Waals surface area contributed by atoms with E-state index in [1.54, 1.807) is 17.4 Å². The molecule has 0 unspecified atom stereocenters. The lowest BCUT2D eigenvalue weighted by Crippen LogP contribution is -2.18. The van der Waals surface area contributed by atoms with Crippen molar-refractivity contribution < 1.29 is 12.8 Å². The molecule has 7 heteroatoms. The number of hydrogen-bond donors (Lipinski definition) is 2. The molecule has 0 spiro atoms. The van der Waals surface area contributed by atoms with Gasteiger partial charge < -0.3 is 9.73 Å². The van der Waals surface area contributed by atoms with Crippen molar-refractivity contribution in [1.29, 1.82) is 0 Å². The van der Waals surface area contributed by atoms with Crippen molar-refractivity contribution in [2.45, 2.75) is 18.1 Å². The first kappa shape index (κ1) is 14.3. The summed E-state index contributed by atoms with van der Waals surface area (Å²) in [4.78, 5) is 1.32. The molecule has 0 aliphatic rings. The predicted molar refractivity (Wildman–Crippen MR) is 74.7 cm³/mol. The molecule has 0 atom stereocenters. The van der Waals surface area contributed by atoms with Crippen molar-refractivity contribution in [3.63, 3.8) is 0 Å². The van der Waals surface area contributed by atoms with E-state index in [4.69, 9.17) is 4.42 Å². The summed E-state index contributed by atoms with van der Waals surface area (Å²) in [7, 11) is -2.13. The van der Waals surface area contributed by atoms with Gasteiger partial charge in [0.05, 0.1) is 6.54 Å². The standard InChI is InChI=1S/C12H16N2O3S2/c1-13-19(15,16)12-5-4-10(17-12)9-14-7-6-11-3-2-8-18-11/h2-5,8,13-14H,6-7,9H2,1H3. The van der Waals surface area contributed by atoms with E-state index in [1.807, 2.05) is 6.07 Å². The molecule has 2 N–H and O–H groups in total. The molecule has 0 aliphatic heterocycles. The first-order chi connectivity index (χ1) is 9.12. The van der Waals surface area contributed by atoms with Gasteiger partial charge in [-0.1, -0.05) is 6.07 Å². The first-order valence-corrected chi connectivity index (χ1v) is 8.23. The Morgan fingerprint density at radius 1 is 1.32 bits per heavy atom. The number of rotatable bonds is 7. The summed E-state index contributed by atoms with van der Waals surface area (Å²) in [6.45, 7) is 1.35. The highest BCUT2D eigenvalue weighted by Crippen LogP contribution is 2.13. The molecule has 0 amide bonds. The molecule has 19 heavy (non-hydrogen) atoms. The Balaban J connectivity index is 1.81. The van der Waals surface area contributed by atoms with Crippen LogP contribution in [0, 0.1) is 0 Å². The number of hydrogen-bond acceptors (Lipinski definition) is 5. The Morgan fingerprint density at radius 3 is 2.84 bits per heavy atom. The molecule has 0 saturated carbocycles. The highest BCUT2D eigenvalue weighted by Gasteiger charge is 2.15. The summed E-state index contributed by atoms with van der Waals surface area (Å²) in [6, 6.07) is 7.25. The van der Waals surface area contributed by atoms with Gasteiger partial charge >= 0.3 is 0 Å². The average molecular weight is 300 g/mol. The monoisotopic (exact) mass is 300 g/mol. The maximum absolute atomic E-state index is 11.5. The van der Waals surface area contributed by atoms with Gasteiger partial charge in [-0.25, -0.2) is 13.1 Å². The van der Waals surface area contributed by atoms with Crippen LogP contribution in [-0.2, 0) is 23.0 Å². The van der Waals surface area contributed by atoms with Gasteiger partial charge in [-0.2, -0.15) is 0 Å².